The smallest absolute Gasteiger partial charge is 0.0874 e. The highest BCUT2D eigenvalue weighted by Gasteiger charge is 2.30. The normalized spacial score (nSPS) is 17.3. The number of hydrogen-bond acceptors (Lipinski definition) is 3. The van der Waals surface area contributed by atoms with Gasteiger partial charge in [-0.25, -0.2) is 0 Å². The second-order valence-corrected chi connectivity index (χ2v) is 7.26. The second-order valence-electron chi connectivity index (χ2n) is 5.46. The van der Waals surface area contributed by atoms with Crippen molar-refractivity contribution in [1.82, 2.24) is 0 Å². The Morgan fingerprint density at radius 3 is 2.48 bits per heavy atom. The van der Waals surface area contributed by atoms with E-state index in [-0.39, 0.29) is 0 Å². The van der Waals surface area contributed by atoms with E-state index < -0.39 is 0 Å². The Hall–Kier alpha value is -1.91. The summed E-state index contributed by atoms with van der Waals surface area (Å²) in [5.41, 5.74) is 3.58. The lowest BCUT2D eigenvalue weighted by molar-refractivity contribution is 0.849. The standard InChI is InChI=1S/C19H15BrN2S/c20-16-9-4-5-10-17(16)22-13-15(14-7-2-1-3-8-14)19(21-22)18-11-6-12-23-18/h1-12,15H,13H2. The van der Waals surface area contributed by atoms with Crippen molar-refractivity contribution in [3.63, 3.8) is 0 Å². The average molecular weight is 383 g/mol. The maximum atomic E-state index is 4.95. The van der Waals surface area contributed by atoms with Crippen LogP contribution in [0, 0.1) is 0 Å². The molecule has 0 aliphatic carbocycles. The molecule has 0 radical (unpaired) electrons. The summed E-state index contributed by atoms with van der Waals surface area (Å²) in [6.45, 7) is 0.861. The van der Waals surface area contributed by atoms with Crippen LogP contribution in [0.2, 0.25) is 0 Å². The fraction of sp³-hybridized carbons (Fsp3) is 0.105. The Morgan fingerprint density at radius 2 is 1.74 bits per heavy atom. The highest BCUT2D eigenvalue weighted by molar-refractivity contribution is 9.10. The molecule has 114 valence electrons. The first-order chi connectivity index (χ1) is 11.3. The van der Waals surface area contributed by atoms with Gasteiger partial charge in [-0.2, -0.15) is 5.10 Å². The van der Waals surface area contributed by atoms with Crippen LogP contribution >= 0.6 is 27.3 Å². The van der Waals surface area contributed by atoms with E-state index in [0.717, 1.165) is 22.4 Å². The predicted molar refractivity (Wildman–Crippen MR) is 102 cm³/mol. The van der Waals surface area contributed by atoms with Gasteiger partial charge in [0, 0.05) is 10.4 Å². The van der Waals surface area contributed by atoms with E-state index in [4.69, 9.17) is 5.10 Å². The van der Waals surface area contributed by atoms with Crippen LogP contribution in [0.4, 0.5) is 5.69 Å². The molecule has 0 saturated heterocycles. The molecular formula is C19H15BrN2S. The third-order valence-corrected chi connectivity index (χ3v) is 5.58. The molecule has 2 nitrogen and oxygen atoms in total. The van der Waals surface area contributed by atoms with E-state index in [0.29, 0.717) is 5.92 Å². The molecular weight excluding hydrogens is 368 g/mol. The zero-order valence-electron chi connectivity index (χ0n) is 12.4. The fourth-order valence-electron chi connectivity index (χ4n) is 2.91. The van der Waals surface area contributed by atoms with E-state index in [1.165, 1.54) is 10.4 Å². The van der Waals surface area contributed by atoms with Crippen molar-refractivity contribution in [2.24, 2.45) is 5.10 Å². The molecule has 0 amide bonds. The second kappa shape index (κ2) is 6.30. The van der Waals surface area contributed by atoms with Crippen molar-refractivity contribution in [2.75, 3.05) is 11.6 Å². The number of benzene rings is 2. The topological polar surface area (TPSA) is 15.6 Å². The number of thiophene rings is 1. The summed E-state index contributed by atoms with van der Waals surface area (Å²) in [5, 5.41) is 9.17. The molecule has 4 rings (SSSR count). The quantitative estimate of drug-likeness (QED) is 0.582. The number of para-hydroxylation sites is 1. The lowest BCUT2D eigenvalue weighted by Gasteiger charge is -2.17. The van der Waals surface area contributed by atoms with Gasteiger partial charge in [0.25, 0.3) is 0 Å². The van der Waals surface area contributed by atoms with Gasteiger partial charge in [0.15, 0.2) is 0 Å². The number of hydrogen-bond donors (Lipinski definition) is 0. The lowest BCUT2D eigenvalue weighted by Crippen LogP contribution is -2.18. The highest BCUT2D eigenvalue weighted by Crippen LogP contribution is 2.35. The van der Waals surface area contributed by atoms with Gasteiger partial charge in [-0.05, 0) is 45.1 Å². The number of rotatable bonds is 3. The Balaban J connectivity index is 1.77. The van der Waals surface area contributed by atoms with Gasteiger partial charge in [-0.15, -0.1) is 11.3 Å². The number of anilines is 1. The molecule has 1 aliphatic heterocycles. The van der Waals surface area contributed by atoms with Crippen molar-refractivity contribution in [2.45, 2.75) is 5.92 Å². The van der Waals surface area contributed by atoms with Crippen LogP contribution in [0.5, 0.6) is 0 Å². The summed E-state index contributed by atoms with van der Waals surface area (Å²) < 4.78 is 1.07. The molecule has 1 aliphatic rings. The molecule has 3 aromatic rings. The van der Waals surface area contributed by atoms with Gasteiger partial charge in [0.1, 0.15) is 0 Å². The SMILES string of the molecule is Brc1ccccc1N1CC(c2ccccc2)C(c2cccs2)=N1. The molecule has 1 atom stereocenters. The first-order valence-corrected chi connectivity index (χ1v) is 9.19. The molecule has 0 N–H and O–H groups in total. The average Bonchev–Trinajstić information content (AvgIpc) is 3.25. The highest BCUT2D eigenvalue weighted by atomic mass is 79.9. The Morgan fingerprint density at radius 1 is 0.957 bits per heavy atom. The number of halogens is 1. The minimum absolute atomic E-state index is 0.293. The van der Waals surface area contributed by atoms with Crippen molar-refractivity contribution >= 4 is 38.7 Å². The lowest BCUT2D eigenvalue weighted by atomic mass is 9.94. The van der Waals surface area contributed by atoms with Gasteiger partial charge in [-0.1, -0.05) is 48.5 Å². The minimum Gasteiger partial charge on any atom is -0.263 e. The summed E-state index contributed by atoms with van der Waals surface area (Å²) in [6, 6.07) is 23.1. The van der Waals surface area contributed by atoms with Crippen molar-refractivity contribution in [3.8, 4) is 0 Å². The third-order valence-electron chi connectivity index (χ3n) is 4.02. The number of nitrogens with zero attached hydrogens (tertiary/aromatic N) is 2. The van der Waals surface area contributed by atoms with Gasteiger partial charge < -0.3 is 0 Å². The van der Waals surface area contributed by atoms with Gasteiger partial charge in [0.2, 0.25) is 0 Å². The maximum Gasteiger partial charge on any atom is 0.0874 e. The summed E-state index contributed by atoms with van der Waals surface area (Å²) in [5.74, 6) is 0.293. The van der Waals surface area contributed by atoms with Crippen molar-refractivity contribution in [1.29, 1.82) is 0 Å². The number of hydrazone groups is 1. The zero-order chi connectivity index (χ0) is 15.6. The monoisotopic (exact) mass is 382 g/mol. The third kappa shape index (κ3) is 2.84. The molecule has 1 aromatic heterocycles. The Labute approximate surface area is 148 Å². The molecule has 0 fully saturated rings. The van der Waals surface area contributed by atoms with E-state index in [2.05, 4.69) is 87.0 Å². The van der Waals surface area contributed by atoms with E-state index in [1.54, 1.807) is 11.3 Å². The summed E-state index contributed by atoms with van der Waals surface area (Å²) in [6.07, 6.45) is 0. The molecule has 4 heteroatoms. The molecule has 23 heavy (non-hydrogen) atoms. The van der Waals surface area contributed by atoms with Crippen LogP contribution < -0.4 is 5.01 Å². The van der Waals surface area contributed by atoms with Gasteiger partial charge in [0.05, 0.1) is 22.8 Å². The molecule has 0 spiro atoms. The van der Waals surface area contributed by atoms with Gasteiger partial charge >= 0.3 is 0 Å². The molecule has 1 unspecified atom stereocenters. The maximum absolute atomic E-state index is 4.95. The van der Waals surface area contributed by atoms with Crippen molar-refractivity contribution < 1.29 is 0 Å². The van der Waals surface area contributed by atoms with Crippen LogP contribution in [-0.2, 0) is 0 Å². The van der Waals surface area contributed by atoms with Crippen LogP contribution in [-0.4, -0.2) is 12.3 Å². The first kappa shape index (κ1) is 14.7. The van der Waals surface area contributed by atoms with E-state index >= 15 is 0 Å². The summed E-state index contributed by atoms with van der Waals surface area (Å²) in [4.78, 5) is 1.24. The van der Waals surface area contributed by atoms with E-state index in [1.807, 2.05) is 6.07 Å². The van der Waals surface area contributed by atoms with Gasteiger partial charge in [-0.3, -0.25) is 5.01 Å². The van der Waals surface area contributed by atoms with Crippen LogP contribution in [0.15, 0.2) is 81.7 Å². The largest absolute Gasteiger partial charge is 0.263 e. The molecule has 0 bridgehead atoms. The first-order valence-electron chi connectivity index (χ1n) is 7.52. The Bertz CT molecular complexity index is 828. The van der Waals surface area contributed by atoms with Crippen LogP contribution in [0.25, 0.3) is 0 Å². The summed E-state index contributed by atoms with van der Waals surface area (Å²) >= 11 is 5.39. The Kier molecular flexibility index (Phi) is 4.02. The fourth-order valence-corrected chi connectivity index (χ4v) is 4.16. The minimum atomic E-state index is 0.293. The molecule has 0 saturated carbocycles. The van der Waals surface area contributed by atoms with E-state index in [9.17, 15) is 0 Å². The van der Waals surface area contributed by atoms with Crippen LogP contribution in [0.1, 0.15) is 16.4 Å². The van der Waals surface area contributed by atoms with Crippen LogP contribution in [0.3, 0.4) is 0 Å². The van der Waals surface area contributed by atoms with Crippen molar-refractivity contribution in [3.05, 3.63) is 87.0 Å². The zero-order valence-corrected chi connectivity index (χ0v) is 14.8. The summed E-state index contributed by atoms with van der Waals surface area (Å²) in [7, 11) is 0. The molecule has 2 aromatic carbocycles. The predicted octanol–water partition coefficient (Wildman–Crippen LogP) is 5.52. The molecule has 2 heterocycles.